The van der Waals surface area contributed by atoms with Crippen molar-refractivity contribution in [2.45, 2.75) is 6.54 Å². The molecule has 0 atom stereocenters. The molecule has 0 unspecified atom stereocenters. The van der Waals surface area contributed by atoms with Crippen LogP contribution in [-0.2, 0) is 6.54 Å². The second kappa shape index (κ2) is 6.15. The minimum Gasteiger partial charge on any atom is -0.444 e. The molecule has 2 heterocycles. The van der Waals surface area contributed by atoms with Crippen LogP contribution in [0, 0.1) is 5.82 Å². The van der Waals surface area contributed by atoms with Crippen LogP contribution in [0.25, 0.3) is 0 Å². The molecule has 0 aliphatic heterocycles. The van der Waals surface area contributed by atoms with Crippen molar-refractivity contribution in [3.8, 4) is 0 Å². The van der Waals surface area contributed by atoms with Crippen LogP contribution < -0.4 is 5.32 Å². The maximum absolute atomic E-state index is 12.9. The van der Waals surface area contributed by atoms with Crippen LogP contribution in [0.3, 0.4) is 0 Å². The van der Waals surface area contributed by atoms with Crippen molar-refractivity contribution in [1.29, 1.82) is 0 Å². The molecular formula is C15H11BrFN3O2. The molecule has 0 saturated carbocycles. The fourth-order valence-electron chi connectivity index (χ4n) is 1.92. The van der Waals surface area contributed by atoms with E-state index < -0.39 is 0 Å². The van der Waals surface area contributed by atoms with Crippen LogP contribution in [0.5, 0.6) is 0 Å². The Morgan fingerprint density at radius 2 is 2.05 bits per heavy atom. The van der Waals surface area contributed by atoms with Crippen molar-refractivity contribution in [2.75, 3.05) is 5.32 Å². The van der Waals surface area contributed by atoms with Crippen LogP contribution in [-0.4, -0.2) is 15.7 Å². The third-order valence-electron chi connectivity index (χ3n) is 2.95. The highest BCUT2D eigenvalue weighted by Gasteiger charge is 2.11. The normalized spacial score (nSPS) is 10.6. The number of benzene rings is 1. The Bertz CT molecular complexity index is 795. The van der Waals surface area contributed by atoms with E-state index in [-0.39, 0.29) is 17.5 Å². The van der Waals surface area contributed by atoms with Crippen molar-refractivity contribution in [2.24, 2.45) is 0 Å². The number of amides is 1. The second-order valence-corrected chi connectivity index (χ2v) is 5.39. The van der Waals surface area contributed by atoms with E-state index >= 15 is 0 Å². The van der Waals surface area contributed by atoms with Gasteiger partial charge in [0.2, 0.25) is 0 Å². The highest BCUT2D eigenvalue weighted by Crippen LogP contribution is 2.16. The fraction of sp³-hybridized carbons (Fsp3) is 0.0667. The number of hydrogen-bond acceptors (Lipinski definition) is 3. The first-order chi connectivity index (χ1) is 10.6. The summed E-state index contributed by atoms with van der Waals surface area (Å²) in [5.41, 5.74) is 1.47. The number of carbonyl (C=O) groups is 1. The van der Waals surface area contributed by atoms with E-state index in [1.54, 1.807) is 41.3 Å². The summed E-state index contributed by atoms with van der Waals surface area (Å²) in [4.78, 5) is 11.9. The molecule has 3 aromatic rings. The van der Waals surface area contributed by atoms with Gasteiger partial charge in [-0.1, -0.05) is 12.1 Å². The number of nitrogens with one attached hydrogen (secondary N) is 1. The van der Waals surface area contributed by atoms with Gasteiger partial charge in [0.05, 0.1) is 18.4 Å². The van der Waals surface area contributed by atoms with E-state index in [2.05, 4.69) is 26.3 Å². The summed E-state index contributed by atoms with van der Waals surface area (Å²) < 4.78 is 20.2. The van der Waals surface area contributed by atoms with Crippen LogP contribution in [0.2, 0.25) is 0 Å². The summed E-state index contributed by atoms with van der Waals surface area (Å²) in [6.45, 7) is 0.489. The van der Waals surface area contributed by atoms with Gasteiger partial charge in [-0.25, -0.2) is 4.39 Å². The summed E-state index contributed by atoms with van der Waals surface area (Å²) in [6.07, 6.45) is 3.23. The summed E-state index contributed by atoms with van der Waals surface area (Å²) in [5.74, 6) is -0.424. The lowest BCUT2D eigenvalue weighted by Crippen LogP contribution is -2.10. The summed E-state index contributed by atoms with van der Waals surface area (Å²) in [6, 6.07) is 9.40. The molecule has 0 aliphatic carbocycles. The first kappa shape index (κ1) is 14.5. The zero-order chi connectivity index (χ0) is 15.5. The predicted octanol–water partition coefficient (Wildman–Crippen LogP) is 3.68. The molecule has 112 valence electrons. The Morgan fingerprint density at radius 1 is 1.27 bits per heavy atom. The molecule has 5 nitrogen and oxygen atoms in total. The van der Waals surface area contributed by atoms with Crippen LogP contribution >= 0.6 is 15.9 Å². The third kappa shape index (κ3) is 3.43. The molecule has 3 rings (SSSR count). The van der Waals surface area contributed by atoms with Crippen molar-refractivity contribution < 1.29 is 13.6 Å². The SMILES string of the molecule is O=C(Nc1cnn(Cc2ccc(F)cc2)c1)c1ccc(Br)o1. The Labute approximate surface area is 133 Å². The van der Waals surface area contributed by atoms with E-state index in [0.29, 0.717) is 16.9 Å². The molecule has 0 fully saturated rings. The van der Waals surface area contributed by atoms with Crippen LogP contribution in [0.4, 0.5) is 10.1 Å². The topological polar surface area (TPSA) is 60.1 Å². The molecule has 7 heteroatoms. The first-order valence-electron chi connectivity index (χ1n) is 6.44. The lowest BCUT2D eigenvalue weighted by atomic mass is 10.2. The zero-order valence-corrected chi connectivity index (χ0v) is 12.9. The van der Waals surface area contributed by atoms with Gasteiger partial charge < -0.3 is 9.73 Å². The minimum absolute atomic E-state index is 0.207. The van der Waals surface area contributed by atoms with E-state index in [0.717, 1.165) is 5.56 Å². The number of hydrogen-bond donors (Lipinski definition) is 1. The van der Waals surface area contributed by atoms with Gasteiger partial charge in [0.25, 0.3) is 5.91 Å². The van der Waals surface area contributed by atoms with Gasteiger partial charge in [-0.2, -0.15) is 5.10 Å². The highest BCUT2D eigenvalue weighted by atomic mass is 79.9. The van der Waals surface area contributed by atoms with Crippen molar-refractivity contribution in [3.05, 3.63) is 70.6 Å². The monoisotopic (exact) mass is 363 g/mol. The zero-order valence-electron chi connectivity index (χ0n) is 11.3. The Hall–Kier alpha value is -2.41. The van der Waals surface area contributed by atoms with Gasteiger partial charge in [-0.15, -0.1) is 0 Å². The summed E-state index contributed by atoms with van der Waals surface area (Å²) >= 11 is 3.14. The number of nitrogens with zero attached hydrogens (tertiary/aromatic N) is 2. The smallest absolute Gasteiger partial charge is 0.291 e. The van der Waals surface area contributed by atoms with Gasteiger partial charge >= 0.3 is 0 Å². The molecule has 0 spiro atoms. The first-order valence-corrected chi connectivity index (χ1v) is 7.23. The lowest BCUT2D eigenvalue weighted by molar-refractivity contribution is 0.0995. The predicted molar refractivity (Wildman–Crippen MR) is 82.1 cm³/mol. The summed E-state index contributed by atoms with van der Waals surface area (Å²) in [5, 5.41) is 6.84. The third-order valence-corrected chi connectivity index (χ3v) is 3.37. The summed E-state index contributed by atoms with van der Waals surface area (Å²) in [7, 11) is 0. The van der Waals surface area contributed by atoms with Gasteiger partial charge in [-0.3, -0.25) is 9.48 Å². The van der Waals surface area contributed by atoms with Crippen LogP contribution in [0.1, 0.15) is 16.1 Å². The lowest BCUT2D eigenvalue weighted by Gasteiger charge is -2.01. The van der Waals surface area contributed by atoms with Gasteiger partial charge in [0.15, 0.2) is 10.4 Å². The molecule has 0 aliphatic rings. The molecule has 1 amide bonds. The Balaban J connectivity index is 1.66. The average Bonchev–Trinajstić information content (AvgIpc) is 3.11. The number of furan rings is 1. The van der Waals surface area contributed by atoms with Crippen molar-refractivity contribution in [3.63, 3.8) is 0 Å². The molecule has 1 aromatic carbocycles. The quantitative estimate of drug-likeness (QED) is 0.768. The van der Waals surface area contributed by atoms with Gasteiger partial charge in [-0.05, 0) is 45.8 Å². The molecular weight excluding hydrogens is 353 g/mol. The fourth-order valence-corrected chi connectivity index (χ4v) is 2.23. The number of halogens is 2. The maximum atomic E-state index is 12.9. The number of anilines is 1. The van der Waals surface area contributed by atoms with Crippen LogP contribution in [0.15, 0.2) is 57.9 Å². The van der Waals surface area contributed by atoms with E-state index in [1.807, 2.05) is 0 Å². The highest BCUT2D eigenvalue weighted by molar-refractivity contribution is 9.10. The Kier molecular flexibility index (Phi) is 4.06. The molecule has 22 heavy (non-hydrogen) atoms. The average molecular weight is 364 g/mol. The van der Waals surface area contributed by atoms with Crippen molar-refractivity contribution in [1.82, 2.24) is 9.78 Å². The van der Waals surface area contributed by atoms with E-state index in [4.69, 9.17) is 4.42 Å². The van der Waals surface area contributed by atoms with E-state index in [9.17, 15) is 9.18 Å². The standard InChI is InChI=1S/C15H11BrFN3O2/c16-14-6-5-13(22-14)15(21)19-12-7-18-20(9-12)8-10-1-3-11(17)4-2-10/h1-7,9H,8H2,(H,19,21). The number of aromatic nitrogens is 2. The minimum atomic E-state index is -0.355. The van der Waals surface area contributed by atoms with Gasteiger partial charge in [0, 0.05) is 6.20 Å². The van der Waals surface area contributed by atoms with Gasteiger partial charge in [0.1, 0.15) is 5.82 Å². The molecule has 0 radical (unpaired) electrons. The Morgan fingerprint density at radius 3 is 2.73 bits per heavy atom. The number of rotatable bonds is 4. The number of carbonyl (C=O) groups excluding carboxylic acids is 1. The molecule has 2 aromatic heterocycles. The largest absolute Gasteiger partial charge is 0.444 e. The van der Waals surface area contributed by atoms with E-state index in [1.165, 1.54) is 12.1 Å². The van der Waals surface area contributed by atoms with Crippen molar-refractivity contribution >= 4 is 27.5 Å². The molecule has 0 bridgehead atoms. The molecule has 0 saturated heterocycles. The molecule has 1 N–H and O–H groups in total. The maximum Gasteiger partial charge on any atom is 0.291 e. The second-order valence-electron chi connectivity index (χ2n) is 4.61.